The number of benzene rings is 2. The minimum Gasteiger partial charge on any atom is -0.495 e. The van der Waals surface area contributed by atoms with Crippen LogP contribution in [0.5, 0.6) is 5.75 Å². The van der Waals surface area contributed by atoms with Crippen LogP contribution in [0, 0.1) is 5.92 Å². The Balaban J connectivity index is 1.72. The Morgan fingerprint density at radius 2 is 2.00 bits per heavy atom. The van der Waals surface area contributed by atoms with Crippen LogP contribution >= 0.6 is 11.6 Å². The minimum absolute atomic E-state index is 0.0299. The monoisotopic (exact) mass is 465 g/mol. The maximum atomic E-state index is 12.9. The van der Waals surface area contributed by atoms with Gasteiger partial charge in [0, 0.05) is 24.7 Å². The smallest absolute Gasteiger partial charge is 0.263 e. The van der Waals surface area contributed by atoms with Crippen molar-refractivity contribution in [2.24, 2.45) is 5.92 Å². The number of nitrogens with one attached hydrogen (secondary N) is 2. The fraction of sp³-hybridized carbons (Fsp3) is 0.409. The third kappa shape index (κ3) is 5.70. The Morgan fingerprint density at radius 1 is 1.26 bits per heavy atom. The number of nitrogens with zero attached hydrogens (tertiary/aromatic N) is 1. The number of carbonyl (C=O) groups is 1. The lowest BCUT2D eigenvalue weighted by molar-refractivity contribution is 0.0947. The summed E-state index contributed by atoms with van der Waals surface area (Å²) in [4.78, 5) is 14.9. The molecule has 1 unspecified atom stereocenters. The molecule has 1 aliphatic rings. The fourth-order valence-electron chi connectivity index (χ4n) is 3.62. The summed E-state index contributed by atoms with van der Waals surface area (Å²) < 4.78 is 33.6. The number of hydrogen-bond donors (Lipinski definition) is 2. The molecule has 3 rings (SSSR count). The Hall–Kier alpha value is -2.29. The first-order chi connectivity index (χ1) is 14.7. The molecule has 0 radical (unpaired) electrons. The third-order valence-corrected chi connectivity index (χ3v) is 7.28. The van der Waals surface area contributed by atoms with Crippen molar-refractivity contribution in [2.75, 3.05) is 31.5 Å². The van der Waals surface area contributed by atoms with Gasteiger partial charge in [-0.2, -0.15) is 0 Å². The molecule has 0 aliphatic carbocycles. The largest absolute Gasteiger partial charge is 0.495 e. The van der Waals surface area contributed by atoms with Gasteiger partial charge in [0.25, 0.3) is 15.9 Å². The highest BCUT2D eigenvalue weighted by atomic mass is 35.5. The molecule has 1 atom stereocenters. The Bertz CT molecular complexity index is 1040. The zero-order valence-electron chi connectivity index (χ0n) is 17.9. The molecule has 2 aromatic carbocycles. The first kappa shape index (κ1) is 23.4. The van der Waals surface area contributed by atoms with Gasteiger partial charge in [-0.3, -0.25) is 9.52 Å². The van der Waals surface area contributed by atoms with Gasteiger partial charge >= 0.3 is 0 Å². The number of halogens is 1. The number of likely N-dealkylation sites (tertiary alicyclic amines) is 1. The van der Waals surface area contributed by atoms with Crippen LogP contribution in [0.1, 0.15) is 30.6 Å². The number of anilines is 1. The maximum absolute atomic E-state index is 12.9. The number of hydrogen-bond acceptors (Lipinski definition) is 5. The number of rotatable bonds is 8. The molecule has 2 aromatic rings. The molecule has 0 aromatic heterocycles. The van der Waals surface area contributed by atoms with Gasteiger partial charge in [0.15, 0.2) is 0 Å². The minimum atomic E-state index is -4.03. The van der Waals surface area contributed by atoms with Crippen molar-refractivity contribution in [2.45, 2.75) is 31.2 Å². The van der Waals surface area contributed by atoms with E-state index in [2.05, 4.69) is 28.8 Å². The molecule has 1 saturated heterocycles. The van der Waals surface area contributed by atoms with Crippen molar-refractivity contribution in [1.82, 2.24) is 10.2 Å². The molecule has 168 valence electrons. The van der Waals surface area contributed by atoms with E-state index in [1.807, 2.05) is 0 Å². The second-order valence-electron chi connectivity index (χ2n) is 7.90. The lowest BCUT2D eigenvalue weighted by Crippen LogP contribution is -2.33. The fourth-order valence-corrected chi connectivity index (χ4v) is 5.21. The van der Waals surface area contributed by atoms with Crippen molar-refractivity contribution >= 4 is 33.2 Å². The molecule has 1 heterocycles. The summed E-state index contributed by atoms with van der Waals surface area (Å²) in [6, 6.07) is 11.4. The van der Waals surface area contributed by atoms with Gasteiger partial charge < -0.3 is 15.0 Å². The first-order valence-electron chi connectivity index (χ1n) is 10.2. The SMILES string of the molecule is COc1ccccc1NS(=O)(=O)c1cc(C(=O)NCC2CCN(C(C)C)C2)ccc1Cl. The van der Waals surface area contributed by atoms with Crippen molar-refractivity contribution < 1.29 is 17.9 Å². The molecular weight excluding hydrogens is 438 g/mol. The van der Waals surface area contributed by atoms with Gasteiger partial charge in [-0.1, -0.05) is 23.7 Å². The van der Waals surface area contributed by atoms with Crippen LogP contribution in [0.2, 0.25) is 5.02 Å². The molecule has 7 nitrogen and oxygen atoms in total. The summed E-state index contributed by atoms with van der Waals surface area (Å²) in [5, 5.41) is 2.95. The quantitative estimate of drug-likeness (QED) is 0.621. The molecule has 2 N–H and O–H groups in total. The topological polar surface area (TPSA) is 87.7 Å². The van der Waals surface area contributed by atoms with E-state index in [1.165, 1.54) is 25.3 Å². The second kappa shape index (κ2) is 9.89. The van der Waals surface area contributed by atoms with Gasteiger partial charge in [-0.25, -0.2) is 8.42 Å². The molecule has 0 saturated carbocycles. The van der Waals surface area contributed by atoms with Gasteiger partial charge in [-0.15, -0.1) is 0 Å². The molecule has 1 aliphatic heterocycles. The third-order valence-electron chi connectivity index (χ3n) is 5.43. The van der Waals surface area contributed by atoms with E-state index in [1.54, 1.807) is 24.3 Å². The second-order valence-corrected chi connectivity index (χ2v) is 9.96. The highest BCUT2D eigenvalue weighted by Crippen LogP contribution is 2.29. The van der Waals surface area contributed by atoms with Gasteiger partial charge in [-0.05, 0) is 63.1 Å². The molecule has 0 spiro atoms. The summed E-state index contributed by atoms with van der Waals surface area (Å²) in [7, 11) is -2.57. The zero-order valence-corrected chi connectivity index (χ0v) is 19.5. The summed E-state index contributed by atoms with van der Waals surface area (Å²) in [5.41, 5.74) is 0.523. The van der Waals surface area contributed by atoms with Gasteiger partial charge in [0.1, 0.15) is 10.6 Å². The normalized spacial score (nSPS) is 17.0. The van der Waals surface area contributed by atoms with Crippen LogP contribution in [0.3, 0.4) is 0 Å². The van der Waals surface area contributed by atoms with Gasteiger partial charge in [0.05, 0.1) is 17.8 Å². The molecule has 31 heavy (non-hydrogen) atoms. The lowest BCUT2D eigenvalue weighted by Gasteiger charge is -2.20. The van der Waals surface area contributed by atoms with Crippen molar-refractivity contribution in [3.05, 3.63) is 53.1 Å². The average Bonchev–Trinajstić information content (AvgIpc) is 3.22. The van der Waals surface area contributed by atoms with E-state index in [-0.39, 0.29) is 27.1 Å². The number of amides is 1. The van der Waals surface area contributed by atoms with Gasteiger partial charge in [0.2, 0.25) is 0 Å². The Labute approximate surface area is 188 Å². The van der Waals surface area contributed by atoms with E-state index in [9.17, 15) is 13.2 Å². The summed E-state index contributed by atoms with van der Waals surface area (Å²) >= 11 is 6.16. The van der Waals surface area contributed by atoms with Crippen LogP contribution in [0.15, 0.2) is 47.4 Å². The van der Waals surface area contributed by atoms with Crippen molar-refractivity contribution in [3.8, 4) is 5.75 Å². The summed E-state index contributed by atoms with van der Waals surface area (Å²) in [6.07, 6.45) is 1.03. The van der Waals surface area contributed by atoms with E-state index in [4.69, 9.17) is 16.3 Å². The van der Waals surface area contributed by atoms with E-state index < -0.39 is 10.0 Å². The van der Waals surface area contributed by atoms with Crippen LogP contribution < -0.4 is 14.8 Å². The van der Waals surface area contributed by atoms with E-state index in [0.29, 0.717) is 24.3 Å². The summed E-state index contributed by atoms with van der Waals surface area (Å²) in [6.45, 7) is 6.84. The molecule has 9 heteroatoms. The Morgan fingerprint density at radius 3 is 2.68 bits per heavy atom. The van der Waals surface area contributed by atoms with Crippen LogP contribution in [-0.4, -0.2) is 52.0 Å². The predicted molar refractivity (Wildman–Crippen MR) is 122 cm³/mol. The van der Waals surface area contributed by atoms with Crippen molar-refractivity contribution in [3.63, 3.8) is 0 Å². The Kier molecular flexibility index (Phi) is 7.46. The number of sulfonamides is 1. The molecule has 1 amide bonds. The maximum Gasteiger partial charge on any atom is 0.263 e. The van der Waals surface area contributed by atoms with Crippen LogP contribution in [0.25, 0.3) is 0 Å². The molecule has 1 fully saturated rings. The number of para-hydroxylation sites is 2. The average molecular weight is 466 g/mol. The zero-order chi connectivity index (χ0) is 22.6. The first-order valence-corrected chi connectivity index (χ1v) is 12.0. The van der Waals surface area contributed by atoms with Crippen LogP contribution in [0.4, 0.5) is 5.69 Å². The molecular formula is C22H28ClN3O4S. The highest BCUT2D eigenvalue weighted by molar-refractivity contribution is 7.92. The number of ether oxygens (including phenoxy) is 1. The standard InChI is InChI=1S/C22H28ClN3O4S/c1-15(2)26-11-10-16(14-26)13-24-22(27)17-8-9-18(23)21(12-17)31(28,29)25-19-6-4-5-7-20(19)30-3/h4-9,12,15-16,25H,10-11,13-14H2,1-3H3,(H,24,27). The lowest BCUT2D eigenvalue weighted by atomic mass is 10.1. The van der Waals surface area contributed by atoms with E-state index in [0.717, 1.165) is 19.5 Å². The number of methoxy groups -OCH3 is 1. The van der Waals surface area contributed by atoms with Crippen LogP contribution in [-0.2, 0) is 10.0 Å². The predicted octanol–water partition coefficient (Wildman–Crippen LogP) is 3.61. The highest BCUT2D eigenvalue weighted by Gasteiger charge is 2.25. The van der Waals surface area contributed by atoms with E-state index >= 15 is 0 Å². The van der Waals surface area contributed by atoms with Crippen molar-refractivity contribution in [1.29, 1.82) is 0 Å². The molecule has 0 bridgehead atoms. The summed E-state index contributed by atoms with van der Waals surface area (Å²) in [5.74, 6) is 0.436. The number of carbonyl (C=O) groups excluding carboxylic acids is 1.